The maximum absolute atomic E-state index is 11.9. The third-order valence-electron chi connectivity index (χ3n) is 4.75. The van der Waals surface area contributed by atoms with Gasteiger partial charge in [0.05, 0.1) is 17.3 Å². The Bertz CT molecular complexity index is 589. The first-order valence-corrected chi connectivity index (χ1v) is 11.0. The lowest BCUT2D eigenvalue weighted by Crippen LogP contribution is -2.36. The lowest BCUT2D eigenvalue weighted by atomic mass is 10.0. The average molecular weight is 401 g/mol. The van der Waals surface area contributed by atoms with E-state index in [0.717, 1.165) is 25.0 Å². The highest BCUT2D eigenvalue weighted by Gasteiger charge is 2.42. The van der Waals surface area contributed by atoms with E-state index >= 15 is 0 Å². The molecule has 26 heavy (non-hydrogen) atoms. The van der Waals surface area contributed by atoms with Crippen molar-refractivity contribution >= 4 is 47.3 Å². The van der Waals surface area contributed by atoms with Crippen LogP contribution >= 0.6 is 23.5 Å². The van der Waals surface area contributed by atoms with Crippen LogP contribution < -0.4 is 21.3 Å². The lowest BCUT2D eigenvalue weighted by molar-refractivity contribution is -0.125. The first kappa shape index (κ1) is 19.3. The highest BCUT2D eigenvalue weighted by molar-refractivity contribution is 8.00. The average Bonchev–Trinajstić information content (AvgIpc) is 3.23. The molecule has 0 radical (unpaired) electrons. The van der Waals surface area contributed by atoms with Gasteiger partial charge in [-0.15, -0.1) is 11.8 Å². The van der Waals surface area contributed by atoms with E-state index in [4.69, 9.17) is 0 Å². The van der Waals surface area contributed by atoms with E-state index < -0.39 is 0 Å². The zero-order chi connectivity index (χ0) is 18.5. The van der Waals surface area contributed by atoms with Crippen LogP contribution in [-0.2, 0) is 14.4 Å². The van der Waals surface area contributed by atoms with Gasteiger partial charge in [-0.3, -0.25) is 19.7 Å². The van der Waals surface area contributed by atoms with Gasteiger partial charge >= 0.3 is 6.03 Å². The molecule has 3 fully saturated rings. The number of carbonyl (C=O) groups excluding carboxylic acids is 4. The number of urea groups is 1. The fourth-order valence-electron chi connectivity index (χ4n) is 3.42. The van der Waals surface area contributed by atoms with E-state index in [1.54, 1.807) is 0 Å². The molecule has 0 spiro atoms. The molecule has 3 heterocycles. The highest BCUT2D eigenvalue weighted by atomic mass is 32.2. The summed E-state index contributed by atoms with van der Waals surface area (Å²) in [5.74, 6) is 1.14. The van der Waals surface area contributed by atoms with Crippen LogP contribution in [-0.4, -0.2) is 64.4 Å². The molecule has 4 N–H and O–H groups in total. The fourth-order valence-corrected chi connectivity index (χ4v) is 5.95. The van der Waals surface area contributed by atoms with E-state index in [1.165, 1.54) is 11.8 Å². The first-order chi connectivity index (χ1) is 12.5. The van der Waals surface area contributed by atoms with Crippen molar-refractivity contribution < 1.29 is 19.2 Å². The van der Waals surface area contributed by atoms with Crippen LogP contribution in [0.3, 0.4) is 0 Å². The number of carbonyl (C=O) groups is 4. The van der Waals surface area contributed by atoms with Crippen molar-refractivity contribution in [3.8, 4) is 0 Å². The number of hydrogen-bond donors (Lipinski definition) is 4. The molecule has 3 aliphatic heterocycles. The predicted octanol–water partition coefficient (Wildman–Crippen LogP) is -0.0233. The third kappa shape index (κ3) is 5.06. The van der Waals surface area contributed by atoms with E-state index in [-0.39, 0.29) is 47.5 Å². The van der Waals surface area contributed by atoms with Crippen molar-refractivity contribution in [2.24, 2.45) is 0 Å². The number of hydrogen-bond acceptors (Lipinski definition) is 6. The molecule has 0 bridgehead atoms. The van der Waals surface area contributed by atoms with Crippen LogP contribution in [0, 0.1) is 0 Å². The second-order valence-electron chi connectivity index (χ2n) is 6.69. The van der Waals surface area contributed by atoms with Gasteiger partial charge in [-0.2, -0.15) is 11.8 Å². The van der Waals surface area contributed by atoms with Gasteiger partial charge in [0.1, 0.15) is 0 Å². The normalized spacial score (nSPS) is 29.9. The quantitative estimate of drug-likeness (QED) is 0.246. The summed E-state index contributed by atoms with van der Waals surface area (Å²) in [6.45, 7) is 0.501. The Morgan fingerprint density at radius 2 is 2.08 bits per heavy atom. The Morgan fingerprint density at radius 3 is 2.85 bits per heavy atom. The maximum atomic E-state index is 11.9. The summed E-state index contributed by atoms with van der Waals surface area (Å²) in [5.41, 5.74) is 0. The molecular formula is C16H24N4O4S2. The van der Waals surface area contributed by atoms with Crippen LogP contribution in [0.4, 0.5) is 4.79 Å². The summed E-state index contributed by atoms with van der Waals surface area (Å²) < 4.78 is 0. The van der Waals surface area contributed by atoms with Gasteiger partial charge in [0.25, 0.3) is 0 Å². The summed E-state index contributed by atoms with van der Waals surface area (Å²) >= 11 is 3.29. The van der Waals surface area contributed by atoms with E-state index in [9.17, 15) is 19.2 Å². The molecule has 3 aliphatic rings. The zero-order valence-electron chi connectivity index (χ0n) is 14.4. The molecule has 3 rings (SSSR count). The standard InChI is InChI=1S/C16H24N4O4S2/c21-12(17-5-6-25-11-7-13(22)19-15(11)23)4-2-1-3-10-14-9(8-26-10)18-16(24)20-14/h9-11,14H,1-8H2,(H,17,21)(H2,18,20,24)(H,19,22,23)/t9-,10?,11?,14-/m0/s1. The fraction of sp³-hybridized carbons (Fsp3) is 0.750. The number of unbranched alkanes of at least 4 members (excludes halogenated alkanes) is 1. The van der Waals surface area contributed by atoms with Crippen LogP contribution in [0.5, 0.6) is 0 Å². The van der Waals surface area contributed by atoms with E-state index in [1.807, 2.05) is 11.8 Å². The van der Waals surface area contributed by atoms with Crippen molar-refractivity contribution in [2.75, 3.05) is 18.1 Å². The molecule has 0 aliphatic carbocycles. The smallest absolute Gasteiger partial charge is 0.315 e. The summed E-state index contributed by atoms with van der Waals surface area (Å²) in [5, 5.41) is 11.1. The topological polar surface area (TPSA) is 116 Å². The Balaban J connectivity index is 1.21. The van der Waals surface area contributed by atoms with Crippen molar-refractivity contribution in [1.29, 1.82) is 0 Å². The minimum Gasteiger partial charge on any atom is -0.355 e. The van der Waals surface area contributed by atoms with Crippen LogP contribution in [0.25, 0.3) is 0 Å². The zero-order valence-corrected chi connectivity index (χ0v) is 16.0. The molecule has 3 saturated heterocycles. The SMILES string of the molecule is O=C(CCCCC1SC[C@@H]2NC(=O)N[C@H]12)NCCSC1CC(=O)NC1=O. The minimum atomic E-state index is -0.322. The van der Waals surface area contributed by atoms with Crippen molar-refractivity contribution in [1.82, 2.24) is 21.3 Å². The first-order valence-electron chi connectivity index (χ1n) is 8.93. The van der Waals surface area contributed by atoms with Crippen LogP contribution in [0.15, 0.2) is 0 Å². The number of imide groups is 1. The van der Waals surface area contributed by atoms with Gasteiger partial charge in [-0.05, 0) is 12.8 Å². The summed E-state index contributed by atoms with van der Waals surface area (Å²) in [4.78, 5) is 45.7. The molecular weight excluding hydrogens is 376 g/mol. The van der Waals surface area contributed by atoms with Crippen molar-refractivity contribution in [3.05, 3.63) is 0 Å². The van der Waals surface area contributed by atoms with Gasteiger partial charge in [0.2, 0.25) is 17.7 Å². The molecule has 2 unspecified atom stereocenters. The van der Waals surface area contributed by atoms with E-state index in [2.05, 4.69) is 21.3 Å². The molecule has 5 amide bonds. The van der Waals surface area contributed by atoms with Gasteiger partial charge < -0.3 is 16.0 Å². The maximum Gasteiger partial charge on any atom is 0.315 e. The largest absolute Gasteiger partial charge is 0.355 e. The Hall–Kier alpha value is -1.42. The molecule has 144 valence electrons. The van der Waals surface area contributed by atoms with E-state index in [0.29, 0.717) is 24.0 Å². The molecule has 8 nitrogen and oxygen atoms in total. The summed E-state index contributed by atoms with van der Waals surface area (Å²) in [6, 6.07) is 0.399. The molecule has 4 atom stereocenters. The molecule has 0 aromatic heterocycles. The monoisotopic (exact) mass is 400 g/mol. The van der Waals surface area contributed by atoms with Gasteiger partial charge in [0, 0.05) is 36.1 Å². The second kappa shape index (κ2) is 8.98. The van der Waals surface area contributed by atoms with Gasteiger partial charge in [-0.1, -0.05) is 6.42 Å². The Morgan fingerprint density at radius 1 is 1.23 bits per heavy atom. The molecule has 0 saturated carbocycles. The number of nitrogens with one attached hydrogen (secondary N) is 4. The highest BCUT2D eigenvalue weighted by Crippen LogP contribution is 2.33. The van der Waals surface area contributed by atoms with Gasteiger partial charge in [-0.25, -0.2) is 4.79 Å². The molecule has 0 aromatic carbocycles. The number of thioether (sulfide) groups is 2. The van der Waals surface area contributed by atoms with Crippen LogP contribution in [0.2, 0.25) is 0 Å². The predicted molar refractivity (Wildman–Crippen MR) is 101 cm³/mol. The second-order valence-corrected chi connectivity index (χ2v) is 9.28. The summed E-state index contributed by atoms with van der Waals surface area (Å²) in [6.07, 6.45) is 3.51. The lowest BCUT2D eigenvalue weighted by Gasteiger charge is -2.16. The summed E-state index contributed by atoms with van der Waals surface area (Å²) in [7, 11) is 0. The number of rotatable bonds is 9. The van der Waals surface area contributed by atoms with Gasteiger partial charge in [0.15, 0.2) is 0 Å². The molecule has 0 aromatic rings. The molecule has 10 heteroatoms. The number of fused-ring (bicyclic) bond motifs is 1. The Kier molecular flexibility index (Phi) is 6.68. The van der Waals surface area contributed by atoms with Crippen LogP contribution in [0.1, 0.15) is 32.1 Å². The number of amides is 5. The van der Waals surface area contributed by atoms with Crippen molar-refractivity contribution in [3.63, 3.8) is 0 Å². The van der Waals surface area contributed by atoms with Crippen molar-refractivity contribution in [2.45, 2.75) is 54.7 Å². The Labute approximate surface area is 160 Å². The third-order valence-corrected chi connectivity index (χ3v) is 7.48. The minimum absolute atomic E-state index is 0.0188.